The second kappa shape index (κ2) is 8.48. The zero-order valence-electron chi connectivity index (χ0n) is 18.0. The molecule has 2 aromatic heterocycles. The van der Waals surface area contributed by atoms with E-state index in [1.54, 1.807) is 0 Å². The third-order valence-corrected chi connectivity index (χ3v) is 6.43. The highest BCUT2D eigenvalue weighted by molar-refractivity contribution is 7.18. The number of hydrogen-bond donors (Lipinski definition) is 1. The second-order valence-corrected chi connectivity index (χ2v) is 8.40. The molecule has 0 aliphatic rings. The molecule has 0 spiro atoms. The summed E-state index contributed by atoms with van der Waals surface area (Å²) < 4.78 is 7.60. The highest BCUT2D eigenvalue weighted by Gasteiger charge is 2.21. The van der Waals surface area contributed by atoms with Gasteiger partial charge in [0.05, 0.1) is 12.3 Å². The van der Waals surface area contributed by atoms with Crippen LogP contribution >= 0.6 is 11.3 Å². The Balaban J connectivity index is 1.56. The number of thiazole rings is 1. The maximum atomic E-state index is 12.6. The van der Waals surface area contributed by atoms with Crippen molar-refractivity contribution in [1.82, 2.24) is 9.55 Å². The van der Waals surface area contributed by atoms with E-state index < -0.39 is 0 Å². The number of nitrogens with one attached hydrogen (secondary N) is 1. The molecule has 0 aliphatic heterocycles. The lowest BCUT2D eigenvalue weighted by atomic mass is 10.1. The summed E-state index contributed by atoms with van der Waals surface area (Å²) in [5.41, 5.74) is 4.89. The number of fused-ring (bicyclic) bond motifs is 3. The predicted molar refractivity (Wildman–Crippen MR) is 132 cm³/mol. The maximum Gasteiger partial charge on any atom is 0.350 e. The fourth-order valence-corrected chi connectivity index (χ4v) is 5.00. The lowest BCUT2D eigenvalue weighted by Gasteiger charge is -2.05. The molecule has 0 aliphatic carbocycles. The van der Waals surface area contributed by atoms with Crippen LogP contribution in [0.1, 0.15) is 23.5 Å². The zero-order valence-corrected chi connectivity index (χ0v) is 18.8. The van der Waals surface area contributed by atoms with Crippen molar-refractivity contribution in [3.8, 4) is 11.3 Å². The number of aromatic nitrogens is 2. The van der Waals surface area contributed by atoms with Crippen LogP contribution < -0.4 is 5.32 Å². The quantitative estimate of drug-likeness (QED) is 0.293. The first-order valence-electron chi connectivity index (χ1n) is 10.7. The maximum absolute atomic E-state index is 12.6. The van der Waals surface area contributed by atoms with Gasteiger partial charge in [-0.15, -0.1) is 0 Å². The fraction of sp³-hybridized carbons (Fsp3) is 0.154. The van der Waals surface area contributed by atoms with Crippen molar-refractivity contribution in [3.05, 3.63) is 77.7 Å². The molecule has 1 N–H and O–H groups in total. The van der Waals surface area contributed by atoms with Crippen LogP contribution in [0.15, 0.2) is 72.8 Å². The molecule has 6 heteroatoms. The average Bonchev–Trinajstić information content (AvgIpc) is 3.39. The van der Waals surface area contributed by atoms with Crippen LogP contribution in [0.5, 0.6) is 0 Å². The molecule has 2 heterocycles. The van der Waals surface area contributed by atoms with Crippen molar-refractivity contribution < 1.29 is 9.53 Å². The van der Waals surface area contributed by atoms with Gasteiger partial charge < -0.3 is 14.6 Å². The van der Waals surface area contributed by atoms with Gasteiger partial charge in [-0.25, -0.2) is 9.78 Å². The molecule has 0 atom stereocenters. The van der Waals surface area contributed by atoms with Crippen molar-refractivity contribution in [2.75, 3.05) is 11.9 Å². The molecule has 0 bridgehead atoms. The summed E-state index contributed by atoms with van der Waals surface area (Å²) in [5.74, 6) is -0.349. The van der Waals surface area contributed by atoms with Crippen LogP contribution in [0.2, 0.25) is 0 Å². The Morgan fingerprint density at radius 1 is 0.969 bits per heavy atom. The monoisotopic (exact) mass is 441 g/mol. The zero-order chi connectivity index (χ0) is 22.1. The molecule has 5 nitrogen and oxygen atoms in total. The number of aryl methyl sites for hydroxylation is 1. The molecule has 0 fully saturated rings. The van der Waals surface area contributed by atoms with Gasteiger partial charge in [-0.3, -0.25) is 0 Å². The molecule has 0 radical (unpaired) electrons. The van der Waals surface area contributed by atoms with Gasteiger partial charge >= 0.3 is 5.97 Å². The lowest BCUT2D eigenvalue weighted by Crippen LogP contribution is -2.03. The summed E-state index contributed by atoms with van der Waals surface area (Å²) in [5, 5.41) is 6.48. The van der Waals surface area contributed by atoms with Gasteiger partial charge in [-0.2, -0.15) is 0 Å². The van der Waals surface area contributed by atoms with E-state index in [0.29, 0.717) is 22.3 Å². The largest absolute Gasteiger partial charge is 0.462 e. The Kier molecular flexibility index (Phi) is 5.37. The fourth-order valence-electron chi connectivity index (χ4n) is 4.10. The Labute approximate surface area is 190 Å². The first kappa shape index (κ1) is 20.3. The minimum atomic E-state index is -0.349. The highest BCUT2D eigenvalue weighted by atomic mass is 32.1. The van der Waals surface area contributed by atoms with Gasteiger partial charge in [-0.05, 0) is 38.1 Å². The molecular formula is C26H23N3O2S. The Morgan fingerprint density at radius 2 is 1.72 bits per heavy atom. The second-order valence-electron chi connectivity index (χ2n) is 7.40. The Morgan fingerprint density at radius 3 is 2.50 bits per heavy atom. The number of para-hydroxylation sites is 1. The molecule has 32 heavy (non-hydrogen) atoms. The van der Waals surface area contributed by atoms with Crippen molar-refractivity contribution in [2.45, 2.75) is 20.4 Å². The number of hydrogen-bond acceptors (Lipinski definition) is 5. The smallest absolute Gasteiger partial charge is 0.350 e. The lowest BCUT2D eigenvalue weighted by molar-refractivity contribution is 0.0532. The summed E-state index contributed by atoms with van der Waals surface area (Å²) >= 11 is 1.31. The van der Waals surface area contributed by atoms with E-state index >= 15 is 0 Å². The Bertz CT molecular complexity index is 1420. The molecule has 5 rings (SSSR count). The van der Waals surface area contributed by atoms with Gasteiger partial charge in [0.1, 0.15) is 4.88 Å². The summed E-state index contributed by atoms with van der Waals surface area (Å²) in [6.45, 7) is 5.20. The van der Waals surface area contributed by atoms with Crippen molar-refractivity contribution in [2.24, 2.45) is 0 Å². The number of carbonyl (C=O) groups is 1. The topological polar surface area (TPSA) is 56.1 Å². The third kappa shape index (κ3) is 3.52. The van der Waals surface area contributed by atoms with E-state index in [0.717, 1.165) is 17.8 Å². The van der Waals surface area contributed by atoms with Crippen molar-refractivity contribution in [1.29, 1.82) is 0 Å². The number of anilines is 2. The number of ether oxygens (including phenoxy) is 1. The summed E-state index contributed by atoms with van der Waals surface area (Å²) in [6, 6.07) is 24.5. The normalized spacial score (nSPS) is 11.2. The number of rotatable bonds is 6. The van der Waals surface area contributed by atoms with Crippen LogP contribution in [0.4, 0.5) is 10.8 Å². The minimum absolute atomic E-state index is 0.325. The van der Waals surface area contributed by atoms with Crippen LogP contribution in [0.25, 0.3) is 33.1 Å². The Hall–Kier alpha value is -3.64. The SMILES string of the molecule is CCOC(=O)c1sc(Nc2ccc3c(c2)c2ccccc2n3CC)nc1-c1ccccc1. The van der Waals surface area contributed by atoms with E-state index in [-0.39, 0.29) is 5.97 Å². The van der Waals surface area contributed by atoms with Crippen molar-refractivity contribution in [3.63, 3.8) is 0 Å². The average molecular weight is 442 g/mol. The third-order valence-electron chi connectivity index (χ3n) is 5.48. The number of esters is 1. The summed E-state index contributed by atoms with van der Waals surface area (Å²) in [4.78, 5) is 17.8. The van der Waals surface area contributed by atoms with E-state index in [1.807, 2.05) is 37.3 Å². The molecule has 0 unspecified atom stereocenters. The first-order valence-corrected chi connectivity index (χ1v) is 11.5. The predicted octanol–water partition coefficient (Wildman–Crippen LogP) is 6.86. The van der Waals surface area contributed by atoms with Gasteiger partial charge in [-0.1, -0.05) is 59.9 Å². The number of benzene rings is 3. The van der Waals surface area contributed by atoms with Gasteiger partial charge in [0.2, 0.25) is 0 Å². The van der Waals surface area contributed by atoms with Crippen LogP contribution in [-0.4, -0.2) is 22.1 Å². The van der Waals surface area contributed by atoms with E-state index in [1.165, 1.54) is 33.1 Å². The molecule has 3 aromatic carbocycles. The van der Waals surface area contributed by atoms with E-state index in [9.17, 15) is 4.79 Å². The molecular weight excluding hydrogens is 418 g/mol. The molecule has 0 saturated carbocycles. The van der Waals surface area contributed by atoms with Crippen LogP contribution in [-0.2, 0) is 11.3 Å². The van der Waals surface area contributed by atoms with Crippen LogP contribution in [0, 0.1) is 0 Å². The number of carbonyl (C=O) groups excluding carboxylic acids is 1. The van der Waals surface area contributed by atoms with Gasteiger partial charge in [0.25, 0.3) is 0 Å². The molecule has 5 aromatic rings. The highest BCUT2D eigenvalue weighted by Crippen LogP contribution is 2.35. The minimum Gasteiger partial charge on any atom is -0.462 e. The van der Waals surface area contributed by atoms with Crippen molar-refractivity contribution >= 4 is 49.9 Å². The van der Waals surface area contributed by atoms with Gasteiger partial charge in [0.15, 0.2) is 5.13 Å². The summed E-state index contributed by atoms with van der Waals surface area (Å²) in [7, 11) is 0. The van der Waals surface area contributed by atoms with Crippen LogP contribution in [0.3, 0.4) is 0 Å². The van der Waals surface area contributed by atoms with Gasteiger partial charge in [0, 0.05) is 39.6 Å². The molecule has 0 saturated heterocycles. The standard InChI is InChI=1S/C26H23N3O2S/c1-3-29-21-13-9-8-12-19(21)20-16-18(14-15-22(20)29)27-26-28-23(17-10-6-5-7-11-17)24(32-26)25(30)31-4-2/h5-16H,3-4H2,1-2H3,(H,27,28). The van der Waals surface area contributed by atoms with E-state index in [2.05, 4.69) is 59.3 Å². The molecule has 0 amide bonds. The number of nitrogens with zero attached hydrogens (tertiary/aromatic N) is 2. The molecule has 160 valence electrons. The van der Waals surface area contributed by atoms with E-state index in [4.69, 9.17) is 9.72 Å². The first-order chi connectivity index (χ1) is 15.7. The summed E-state index contributed by atoms with van der Waals surface area (Å²) in [6.07, 6.45) is 0.